The number of halogens is 4. The molecule has 1 aromatic carbocycles. The fraction of sp³-hybridized carbons (Fsp3) is 0.214. The van der Waals surface area contributed by atoms with Crippen molar-refractivity contribution in [2.75, 3.05) is 0 Å². The standard InChI is InChI=1S/C14H11ClF3NO/c15-7-12-5-6-13(8-19-12)20-9-10-1-3-11(4-2-10)14(16,17)18/h1-6,8H,7,9H2. The van der Waals surface area contributed by atoms with E-state index in [1.165, 1.54) is 18.3 Å². The van der Waals surface area contributed by atoms with Gasteiger partial charge in [0.15, 0.2) is 0 Å². The molecule has 0 fully saturated rings. The third-order valence-corrected chi connectivity index (χ3v) is 2.90. The van der Waals surface area contributed by atoms with Gasteiger partial charge in [-0.15, -0.1) is 11.6 Å². The lowest BCUT2D eigenvalue weighted by atomic mass is 10.1. The first kappa shape index (κ1) is 14.7. The second kappa shape index (κ2) is 6.13. The topological polar surface area (TPSA) is 22.1 Å². The van der Waals surface area contributed by atoms with Crippen LogP contribution in [0, 0.1) is 0 Å². The number of hydrogen-bond acceptors (Lipinski definition) is 2. The summed E-state index contributed by atoms with van der Waals surface area (Å²) >= 11 is 5.61. The fourth-order valence-electron chi connectivity index (χ4n) is 1.53. The zero-order chi connectivity index (χ0) is 14.6. The van der Waals surface area contributed by atoms with Gasteiger partial charge in [-0.25, -0.2) is 0 Å². The lowest BCUT2D eigenvalue weighted by molar-refractivity contribution is -0.137. The van der Waals surface area contributed by atoms with Crippen LogP contribution in [0.15, 0.2) is 42.6 Å². The van der Waals surface area contributed by atoms with Crippen LogP contribution in [0.25, 0.3) is 0 Å². The average molecular weight is 302 g/mol. The molecule has 0 aliphatic carbocycles. The SMILES string of the molecule is FC(F)(F)c1ccc(COc2ccc(CCl)nc2)cc1. The van der Waals surface area contributed by atoms with E-state index in [4.69, 9.17) is 16.3 Å². The summed E-state index contributed by atoms with van der Waals surface area (Å²) in [5, 5.41) is 0. The minimum absolute atomic E-state index is 0.181. The lowest BCUT2D eigenvalue weighted by Crippen LogP contribution is -2.05. The van der Waals surface area contributed by atoms with Crippen molar-refractivity contribution in [1.29, 1.82) is 0 Å². The van der Waals surface area contributed by atoms with Gasteiger partial charge in [0, 0.05) is 0 Å². The van der Waals surface area contributed by atoms with Gasteiger partial charge in [0.05, 0.1) is 23.3 Å². The third-order valence-electron chi connectivity index (χ3n) is 2.62. The molecule has 0 saturated heterocycles. The lowest BCUT2D eigenvalue weighted by Gasteiger charge is -2.09. The molecular weight excluding hydrogens is 291 g/mol. The van der Waals surface area contributed by atoms with Crippen molar-refractivity contribution in [3.8, 4) is 5.75 Å². The van der Waals surface area contributed by atoms with E-state index in [-0.39, 0.29) is 6.61 Å². The fourth-order valence-corrected chi connectivity index (χ4v) is 1.69. The number of nitrogens with zero attached hydrogens (tertiary/aromatic N) is 1. The molecule has 106 valence electrons. The van der Waals surface area contributed by atoms with Crippen LogP contribution in [0.3, 0.4) is 0 Å². The van der Waals surface area contributed by atoms with E-state index in [1.54, 1.807) is 12.1 Å². The quantitative estimate of drug-likeness (QED) is 0.780. The molecule has 0 amide bonds. The van der Waals surface area contributed by atoms with Crippen LogP contribution >= 0.6 is 11.6 Å². The van der Waals surface area contributed by atoms with Gasteiger partial charge in [0.2, 0.25) is 0 Å². The second-order valence-corrected chi connectivity index (χ2v) is 4.37. The van der Waals surface area contributed by atoms with Crippen molar-refractivity contribution in [3.63, 3.8) is 0 Å². The van der Waals surface area contributed by atoms with E-state index in [2.05, 4.69) is 4.98 Å². The summed E-state index contributed by atoms with van der Waals surface area (Å²) in [7, 11) is 0. The van der Waals surface area contributed by atoms with E-state index in [9.17, 15) is 13.2 Å². The summed E-state index contributed by atoms with van der Waals surface area (Å²) in [5.41, 5.74) is 0.711. The monoisotopic (exact) mass is 301 g/mol. The van der Waals surface area contributed by atoms with Crippen molar-refractivity contribution in [2.24, 2.45) is 0 Å². The maximum Gasteiger partial charge on any atom is 0.416 e. The molecule has 0 bridgehead atoms. The number of aromatic nitrogens is 1. The van der Waals surface area contributed by atoms with Gasteiger partial charge < -0.3 is 4.74 Å². The Morgan fingerprint density at radius 1 is 1.05 bits per heavy atom. The van der Waals surface area contributed by atoms with Crippen LogP contribution in [0.2, 0.25) is 0 Å². The number of hydrogen-bond donors (Lipinski definition) is 0. The molecule has 0 aliphatic heterocycles. The average Bonchev–Trinajstić information content (AvgIpc) is 2.45. The number of alkyl halides is 4. The van der Waals surface area contributed by atoms with Crippen molar-refractivity contribution in [1.82, 2.24) is 4.98 Å². The molecule has 2 nitrogen and oxygen atoms in total. The molecule has 1 aromatic heterocycles. The summed E-state index contributed by atoms with van der Waals surface area (Å²) < 4.78 is 42.6. The molecule has 0 atom stereocenters. The highest BCUT2D eigenvalue weighted by Gasteiger charge is 2.29. The van der Waals surface area contributed by atoms with Gasteiger partial charge in [-0.1, -0.05) is 12.1 Å². The molecule has 0 radical (unpaired) electrons. The smallest absolute Gasteiger partial charge is 0.416 e. The minimum Gasteiger partial charge on any atom is -0.487 e. The number of ether oxygens (including phenoxy) is 1. The first-order valence-electron chi connectivity index (χ1n) is 5.79. The first-order valence-corrected chi connectivity index (χ1v) is 6.32. The Kier molecular flexibility index (Phi) is 4.49. The molecule has 6 heteroatoms. The molecule has 0 unspecified atom stereocenters. The number of rotatable bonds is 4. The van der Waals surface area contributed by atoms with Crippen LogP contribution in [0.5, 0.6) is 5.75 Å². The normalized spacial score (nSPS) is 11.4. The number of benzene rings is 1. The number of pyridine rings is 1. The summed E-state index contributed by atoms with van der Waals surface area (Å²) in [6.07, 6.45) is -2.79. The van der Waals surface area contributed by atoms with Crippen molar-refractivity contribution >= 4 is 11.6 Å². The Morgan fingerprint density at radius 3 is 2.25 bits per heavy atom. The van der Waals surface area contributed by atoms with Crippen LogP contribution < -0.4 is 4.74 Å². The van der Waals surface area contributed by atoms with Crippen LogP contribution in [0.4, 0.5) is 13.2 Å². The summed E-state index contributed by atoms with van der Waals surface area (Å²) in [5.74, 6) is 0.859. The Morgan fingerprint density at radius 2 is 1.75 bits per heavy atom. The molecule has 0 N–H and O–H groups in total. The third kappa shape index (κ3) is 3.87. The molecule has 2 aromatic rings. The molecule has 0 spiro atoms. The Hall–Kier alpha value is -1.75. The van der Waals surface area contributed by atoms with Gasteiger partial charge in [-0.2, -0.15) is 13.2 Å². The van der Waals surface area contributed by atoms with E-state index in [0.717, 1.165) is 17.8 Å². The van der Waals surface area contributed by atoms with E-state index in [1.807, 2.05) is 0 Å². The highest BCUT2D eigenvalue weighted by molar-refractivity contribution is 6.16. The summed E-state index contributed by atoms with van der Waals surface area (Å²) in [6, 6.07) is 8.30. The molecule has 1 heterocycles. The maximum atomic E-state index is 12.4. The predicted octanol–water partition coefficient (Wildman–Crippen LogP) is 4.42. The van der Waals surface area contributed by atoms with Gasteiger partial charge in [-0.3, -0.25) is 4.98 Å². The van der Waals surface area contributed by atoms with Gasteiger partial charge in [0.1, 0.15) is 12.4 Å². The zero-order valence-electron chi connectivity index (χ0n) is 10.3. The van der Waals surface area contributed by atoms with Crippen LogP contribution in [-0.4, -0.2) is 4.98 Å². The van der Waals surface area contributed by atoms with E-state index >= 15 is 0 Å². The minimum atomic E-state index is -4.32. The molecule has 20 heavy (non-hydrogen) atoms. The van der Waals surface area contributed by atoms with Crippen molar-refractivity contribution < 1.29 is 17.9 Å². The molecular formula is C14H11ClF3NO. The molecule has 0 saturated carbocycles. The Bertz CT molecular complexity index is 552. The van der Waals surface area contributed by atoms with Gasteiger partial charge >= 0.3 is 6.18 Å². The van der Waals surface area contributed by atoms with Gasteiger partial charge in [0.25, 0.3) is 0 Å². The highest BCUT2D eigenvalue weighted by Crippen LogP contribution is 2.29. The zero-order valence-corrected chi connectivity index (χ0v) is 11.1. The Balaban J connectivity index is 1.96. The van der Waals surface area contributed by atoms with Crippen LogP contribution in [0.1, 0.15) is 16.8 Å². The summed E-state index contributed by atoms with van der Waals surface area (Å²) in [6.45, 7) is 0.181. The van der Waals surface area contributed by atoms with Crippen molar-refractivity contribution in [2.45, 2.75) is 18.7 Å². The van der Waals surface area contributed by atoms with E-state index in [0.29, 0.717) is 17.2 Å². The first-order chi connectivity index (χ1) is 9.49. The Labute approximate surface area is 119 Å². The maximum absolute atomic E-state index is 12.4. The molecule has 2 rings (SSSR count). The predicted molar refractivity (Wildman–Crippen MR) is 69.6 cm³/mol. The molecule has 0 aliphatic rings. The van der Waals surface area contributed by atoms with Gasteiger partial charge in [-0.05, 0) is 29.8 Å². The van der Waals surface area contributed by atoms with Crippen molar-refractivity contribution in [3.05, 3.63) is 59.4 Å². The highest BCUT2D eigenvalue weighted by atomic mass is 35.5. The van der Waals surface area contributed by atoms with E-state index < -0.39 is 11.7 Å². The largest absolute Gasteiger partial charge is 0.487 e. The second-order valence-electron chi connectivity index (χ2n) is 4.10. The van der Waals surface area contributed by atoms with Crippen LogP contribution in [-0.2, 0) is 18.7 Å². The summed E-state index contributed by atoms with van der Waals surface area (Å²) in [4.78, 5) is 4.05.